The molecule has 0 aliphatic carbocycles. The van der Waals surface area contributed by atoms with Crippen molar-refractivity contribution < 1.29 is 9.21 Å². The van der Waals surface area contributed by atoms with Crippen LogP contribution in [0, 0.1) is 18.3 Å². The number of pyridine rings is 1. The predicted molar refractivity (Wildman–Crippen MR) is 123 cm³/mol. The first-order chi connectivity index (χ1) is 14.8. The second-order valence-corrected chi connectivity index (χ2v) is 8.07. The molecule has 0 bridgehead atoms. The van der Waals surface area contributed by atoms with Gasteiger partial charge in [0.05, 0.1) is 17.0 Å². The zero-order valence-corrected chi connectivity index (χ0v) is 18.9. The first-order valence-electron chi connectivity index (χ1n) is 10.6. The van der Waals surface area contributed by atoms with Gasteiger partial charge in [-0.2, -0.15) is 0 Å². The molecule has 1 aromatic carbocycles. The number of amides is 1. The monoisotopic (exact) mass is 418 g/mol. The Morgan fingerprint density at radius 1 is 1.13 bits per heavy atom. The van der Waals surface area contributed by atoms with Crippen LogP contribution in [0.3, 0.4) is 0 Å². The summed E-state index contributed by atoms with van der Waals surface area (Å²) in [6.07, 6.45) is 4.02. The maximum atomic E-state index is 12.0. The largest absolute Gasteiger partial charge is 0.441 e. The smallest absolute Gasteiger partial charge is 0.254 e. The van der Waals surface area contributed by atoms with Gasteiger partial charge in [-0.25, -0.2) is 4.98 Å². The van der Waals surface area contributed by atoms with Gasteiger partial charge in [-0.15, -0.1) is 0 Å². The van der Waals surface area contributed by atoms with E-state index in [0.717, 1.165) is 46.8 Å². The number of hydrogen-bond acceptors (Lipinski definition) is 5. The molecular weight excluding hydrogens is 388 g/mol. The highest BCUT2D eigenvalue weighted by molar-refractivity contribution is 5.93. The number of rotatable bonds is 8. The van der Waals surface area contributed by atoms with Crippen molar-refractivity contribution in [2.45, 2.75) is 40.0 Å². The summed E-state index contributed by atoms with van der Waals surface area (Å²) >= 11 is 0. The molecule has 0 saturated heterocycles. The molecule has 3 aromatic rings. The average molecular weight is 419 g/mol. The minimum absolute atomic E-state index is 0.0660. The Labute approximate surface area is 183 Å². The van der Waals surface area contributed by atoms with Crippen LogP contribution in [0.5, 0.6) is 0 Å². The lowest BCUT2D eigenvalue weighted by Crippen LogP contribution is -2.21. The zero-order valence-electron chi connectivity index (χ0n) is 18.9. The maximum absolute atomic E-state index is 12.0. The molecule has 1 unspecified atom stereocenters. The number of carbonyl (C=O) groups excluding carboxylic acids is 1. The summed E-state index contributed by atoms with van der Waals surface area (Å²) in [5, 5.41) is 8.16. The Bertz CT molecular complexity index is 1050. The van der Waals surface area contributed by atoms with Gasteiger partial charge >= 0.3 is 0 Å². The number of nitrogens with zero attached hydrogens (tertiary/aromatic N) is 3. The van der Waals surface area contributed by atoms with Crippen LogP contribution in [0.1, 0.15) is 48.5 Å². The quantitative estimate of drug-likeness (QED) is 0.496. The van der Waals surface area contributed by atoms with Gasteiger partial charge in [0.25, 0.3) is 5.91 Å². The van der Waals surface area contributed by atoms with Crippen molar-refractivity contribution >= 4 is 11.6 Å². The summed E-state index contributed by atoms with van der Waals surface area (Å²) in [6.45, 7) is 6.12. The summed E-state index contributed by atoms with van der Waals surface area (Å²) in [5.41, 5.74) is 4.90. The molecule has 0 aliphatic heterocycles. The van der Waals surface area contributed by atoms with E-state index in [-0.39, 0.29) is 5.91 Å². The Hall–Kier alpha value is -3.28. The Morgan fingerprint density at radius 3 is 2.39 bits per heavy atom. The molecular formula is C25H30N4O2. The van der Waals surface area contributed by atoms with E-state index in [0.29, 0.717) is 23.8 Å². The van der Waals surface area contributed by atoms with Crippen LogP contribution >= 0.6 is 0 Å². The molecule has 1 N–H and O–H groups in total. The third kappa shape index (κ3) is 5.26. The normalized spacial score (nSPS) is 11.9. The van der Waals surface area contributed by atoms with Crippen LogP contribution in [0.2, 0.25) is 0 Å². The van der Waals surface area contributed by atoms with Crippen molar-refractivity contribution in [1.29, 1.82) is 5.41 Å². The highest BCUT2D eigenvalue weighted by Gasteiger charge is 2.14. The minimum atomic E-state index is -0.0660. The van der Waals surface area contributed by atoms with E-state index in [1.807, 2.05) is 37.3 Å². The summed E-state index contributed by atoms with van der Waals surface area (Å²) in [6, 6.07) is 11.5. The molecule has 31 heavy (non-hydrogen) atoms. The molecule has 0 spiro atoms. The van der Waals surface area contributed by atoms with E-state index >= 15 is 0 Å². The molecule has 6 nitrogen and oxygen atoms in total. The van der Waals surface area contributed by atoms with Crippen molar-refractivity contribution in [3.63, 3.8) is 0 Å². The molecule has 2 heterocycles. The third-order valence-electron chi connectivity index (χ3n) is 5.58. The lowest BCUT2D eigenvalue weighted by Gasteiger charge is -2.10. The van der Waals surface area contributed by atoms with Gasteiger partial charge in [-0.3, -0.25) is 9.78 Å². The maximum Gasteiger partial charge on any atom is 0.254 e. The number of benzene rings is 1. The Morgan fingerprint density at radius 2 is 1.81 bits per heavy atom. The van der Waals surface area contributed by atoms with Gasteiger partial charge in [0, 0.05) is 37.1 Å². The fourth-order valence-electron chi connectivity index (χ4n) is 3.26. The van der Waals surface area contributed by atoms with Crippen LogP contribution in [0.4, 0.5) is 0 Å². The highest BCUT2D eigenvalue weighted by Crippen LogP contribution is 2.26. The molecule has 162 valence electrons. The van der Waals surface area contributed by atoms with Crippen molar-refractivity contribution in [3.8, 4) is 22.7 Å². The average Bonchev–Trinajstić information content (AvgIpc) is 3.16. The Balaban J connectivity index is 1.72. The molecule has 2 aromatic heterocycles. The molecule has 0 radical (unpaired) electrons. The van der Waals surface area contributed by atoms with Crippen LogP contribution in [0.15, 0.2) is 47.0 Å². The SMILES string of the molecule is CCC(C)C(=N)CCc1nc(-c2ccc(-c3ccc(C(=O)N(C)C)cn3)cc2)oc1C. The van der Waals surface area contributed by atoms with Crippen molar-refractivity contribution in [3.05, 3.63) is 59.6 Å². The molecule has 1 atom stereocenters. The number of hydrogen-bond donors (Lipinski definition) is 1. The first kappa shape index (κ1) is 22.4. The highest BCUT2D eigenvalue weighted by atomic mass is 16.4. The minimum Gasteiger partial charge on any atom is -0.441 e. The van der Waals surface area contributed by atoms with Crippen LogP contribution in [-0.2, 0) is 6.42 Å². The zero-order chi connectivity index (χ0) is 22.5. The van der Waals surface area contributed by atoms with E-state index in [2.05, 4.69) is 23.8 Å². The van der Waals surface area contributed by atoms with Crippen molar-refractivity contribution in [2.75, 3.05) is 14.1 Å². The van der Waals surface area contributed by atoms with Crippen molar-refractivity contribution in [2.24, 2.45) is 5.92 Å². The molecule has 3 rings (SSSR count). The van der Waals surface area contributed by atoms with Gasteiger partial charge in [-0.05, 0) is 56.4 Å². The lowest BCUT2D eigenvalue weighted by molar-refractivity contribution is 0.0827. The summed E-state index contributed by atoms with van der Waals surface area (Å²) < 4.78 is 5.89. The molecule has 0 aliphatic rings. The van der Waals surface area contributed by atoms with Crippen molar-refractivity contribution in [1.82, 2.24) is 14.9 Å². The second kappa shape index (κ2) is 9.69. The summed E-state index contributed by atoms with van der Waals surface area (Å²) in [4.78, 5) is 22.6. The van der Waals surface area contributed by atoms with Crippen LogP contribution < -0.4 is 0 Å². The molecule has 0 saturated carbocycles. The predicted octanol–water partition coefficient (Wildman–Crippen LogP) is 5.41. The van der Waals surface area contributed by atoms with E-state index in [9.17, 15) is 4.79 Å². The number of nitrogens with one attached hydrogen (secondary N) is 1. The fourth-order valence-corrected chi connectivity index (χ4v) is 3.26. The van der Waals surface area contributed by atoms with Gasteiger partial charge in [-0.1, -0.05) is 26.0 Å². The molecule has 0 fully saturated rings. The number of aromatic nitrogens is 2. The lowest BCUT2D eigenvalue weighted by atomic mass is 9.98. The van der Waals surface area contributed by atoms with E-state index in [1.54, 1.807) is 26.4 Å². The topological polar surface area (TPSA) is 83.1 Å². The van der Waals surface area contributed by atoms with Gasteiger partial charge < -0.3 is 14.7 Å². The van der Waals surface area contributed by atoms with Crippen LogP contribution in [0.25, 0.3) is 22.7 Å². The van der Waals surface area contributed by atoms with E-state index in [4.69, 9.17) is 9.83 Å². The van der Waals surface area contributed by atoms with Crippen LogP contribution in [-0.4, -0.2) is 40.6 Å². The number of oxazole rings is 1. The summed E-state index contributed by atoms with van der Waals surface area (Å²) in [7, 11) is 3.45. The van der Waals surface area contributed by atoms with E-state index < -0.39 is 0 Å². The van der Waals surface area contributed by atoms with Gasteiger partial charge in [0.15, 0.2) is 0 Å². The van der Waals surface area contributed by atoms with Gasteiger partial charge in [0.2, 0.25) is 5.89 Å². The molecule has 6 heteroatoms. The number of carbonyl (C=O) groups is 1. The summed E-state index contributed by atoms with van der Waals surface area (Å²) in [5.74, 6) is 1.64. The fraction of sp³-hybridized carbons (Fsp3) is 0.360. The number of aryl methyl sites for hydroxylation is 2. The van der Waals surface area contributed by atoms with E-state index in [1.165, 1.54) is 4.90 Å². The third-order valence-corrected chi connectivity index (χ3v) is 5.58. The Kier molecular flexibility index (Phi) is 7.00. The second-order valence-electron chi connectivity index (χ2n) is 8.07. The first-order valence-corrected chi connectivity index (χ1v) is 10.6. The van der Waals surface area contributed by atoms with Gasteiger partial charge in [0.1, 0.15) is 5.76 Å². The standard InChI is InChI=1S/C25H30N4O2/c1-6-16(2)21(26)12-14-22-17(3)31-24(28-22)19-9-7-18(8-10-19)23-13-11-20(15-27-23)25(30)29(4)5/h7-11,13,15-16,26H,6,12,14H2,1-5H3. The molecule has 1 amide bonds.